The Morgan fingerprint density at radius 2 is 1.69 bits per heavy atom. The molecule has 2 aromatic carbocycles. The molecular formula is C25H31ClFN7O. The molecule has 0 atom stereocenters. The predicted molar refractivity (Wildman–Crippen MR) is 140 cm³/mol. The molecule has 0 bridgehead atoms. The summed E-state index contributed by atoms with van der Waals surface area (Å²) in [4.78, 5) is 18.3. The Kier molecular flexibility index (Phi) is 8.54. The minimum atomic E-state index is -0.228. The van der Waals surface area contributed by atoms with Gasteiger partial charge in [-0.15, -0.1) is 0 Å². The molecule has 0 amide bonds. The van der Waals surface area contributed by atoms with Gasteiger partial charge in [0.25, 0.3) is 0 Å². The average molecular weight is 500 g/mol. The molecule has 0 spiro atoms. The molecule has 186 valence electrons. The lowest BCUT2D eigenvalue weighted by Gasteiger charge is -2.36. The molecule has 1 aliphatic rings. The van der Waals surface area contributed by atoms with Gasteiger partial charge in [-0.3, -0.25) is 0 Å². The van der Waals surface area contributed by atoms with Crippen molar-refractivity contribution >= 4 is 40.8 Å². The molecule has 2 N–H and O–H groups in total. The number of nitrogens with one attached hydrogen (secondary N) is 2. The van der Waals surface area contributed by atoms with E-state index in [-0.39, 0.29) is 5.82 Å². The highest BCUT2D eigenvalue weighted by Gasteiger charge is 2.21. The number of benzene rings is 2. The summed E-state index contributed by atoms with van der Waals surface area (Å²) in [5.74, 6) is 1.34. The van der Waals surface area contributed by atoms with Gasteiger partial charge in [0.2, 0.25) is 17.8 Å². The molecule has 1 aromatic heterocycles. The van der Waals surface area contributed by atoms with Gasteiger partial charge in [-0.1, -0.05) is 17.7 Å². The van der Waals surface area contributed by atoms with Crippen LogP contribution in [0.2, 0.25) is 5.02 Å². The zero-order chi connectivity index (χ0) is 24.6. The molecule has 35 heavy (non-hydrogen) atoms. The Morgan fingerprint density at radius 1 is 0.971 bits per heavy atom. The van der Waals surface area contributed by atoms with Crippen molar-refractivity contribution in [2.45, 2.75) is 20.3 Å². The van der Waals surface area contributed by atoms with E-state index in [9.17, 15) is 4.39 Å². The molecule has 3 aromatic rings. The van der Waals surface area contributed by atoms with E-state index in [1.165, 1.54) is 12.1 Å². The summed E-state index contributed by atoms with van der Waals surface area (Å²) in [6.07, 6.45) is 0.849. The monoisotopic (exact) mass is 499 g/mol. The van der Waals surface area contributed by atoms with E-state index in [2.05, 4.69) is 30.4 Å². The molecule has 8 nitrogen and oxygen atoms in total. The van der Waals surface area contributed by atoms with Gasteiger partial charge >= 0.3 is 0 Å². The van der Waals surface area contributed by atoms with E-state index >= 15 is 0 Å². The molecule has 0 saturated carbocycles. The van der Waals surface area contributed by atoms with Crippen LogP contribution in [0.25, 0.3) is 0 Å². The third kappa shape index (κ3) is 6.70. The molecule has 1 fully saturated rings. The van der Waals surface area contributed by atoms with Crippen molar-refractivity contribution in [3.8, 4) is 0 Å². The maximum absolute atomic E-state index is 13.3. The molecule has 10 heteroatoms. The van der Waals surface area contributed by atoms with Crippen LogP contribution in [0.3, 0.4) is 0 Å². The second-order valence-corrected chi connectivity index (χ2v) is 8.65. The molecule has 0 radical (unpaired) electrons. The lowest BCUT2D eigenvalue weighted by atomic mass is 10.2. The maximum Gasteiger partial charge on any atom is 0.233 e. The lowest BCUT2D eigenvalue weighted by molar-refractivity contribution is 0.147. The van der Waals surface area contributed by atoms with Crippen molar-refractivity contribution in [1.29, 1.82) is 0 Å². The highest BCUT2D eigenvalue weighted by atomic mass is 35.5. The van der Waals surface area contributed by atoms with Crippen LogP contribution in [0.4, 0.5) is 33.6 Å². The number of piperazine rings is 1. The van der Waals surface area contributed by atoms with Gasteiger partial charge < -0.3 is 25.2 Å². The Hall–Kier alpha value is -3.17. The Balaban J connectivity index is 1.49. The van der Waals surface area contributed by atoms with Crippen LogP contribution in [0.5, 0.6) is 0 Å². The van der Waals surface area contributed by atoms with Gasteiger partial charge in [-0.25, -0.2) is 4.39 Å². The lowest BCUT2D eigenvalue weighted by Crippen LogP contribution is -2.47. The van der Waals surface area contributed by atoms with Gasteiger partial charge in [0.1, 0.15) is 5.82 Å². The molecule has 1 saturated heterocycles. The van der Waals surface area contributed by atoms with E-state index in [0.717, 1.165) is 49.5 Å². The summed E-state index contributed by atoms with van der Waals surface area (Å²) in [6.45, 7) is 9.05. The smallest absolute Gasteiger partial charge is 0.233 e. The van der Waals surface area contributed by atoms with Crippen molar-refractivity contribution in [3.05, 3.63) is 58.9 Å². The maximum atomic E-state index is 13.3. The molecule has 1 aliphatic heterocycles. The van der Waals surface area contributed by atoms with E-state index in [0.29, 0.717) is 42.6 Å². The first-order chi connectivity index (χ1) is 17.0. The highest BCUT2D eigenvalue weighted by Crippen LogP contribution is 2.26. The fraction of sp³-hybridized carbons (Fsp3) is 0.400. The van der Waals surface area contributed by atoms with Crippen molar-refractivity contribution < 1.29 is 9.13 Å². The summed E-state index contributed by atoms with van der Waals surface area (Å²) in [5.41, 5.74) is 2.78. The second kappa shape index (κ2) is 12.0. The molecule has 0 aliphatic carbocycles. The number of aromatic nitrogens is 3. The number of rotatable bonds is 10. The van der Waals surface area contributed by atoms with Gasteiger partial charge in [0.15, 0.2) is 0 Å². The quantitative estimate of drug-likeness (QED) is 0.382. The van der Waals surface area contributed by atoms with Crippen molar-refractivity contribution in [3.63, 3.8) is 0 Å². The zero-order valence-electron chi connectivity index (χ0n) is 20.1. The number of hydrogen-bond donors (Lipinski definition) is 2. The van der Waals surface area contributed by atoms with E-state index < -0.39 is 0 Å². The van der Waals surface area contributed by atoms with Crippen molar-refractivity contribution in [1.82, 2.24) is 15.0 Å². The summed E-state index contributed by atoms with van der Waals surface area (Å²) in [7, 11) is 0. The van der Waals surface area contributed by atoms with E-state index in [1.54, 1.807) is 0 Å². The van der Waals surface area contributed by atoms with Crippen LogP contribution in [-0.2, 0) is 4.74 Å². The molecule has 2 heterocycles. The minimum Gasteiger partial charge on any atom is -0.382 e. The Labute approximate surface area is 210 Å². The second-order valence-electron chi connectivity index (χ2n) is 8.25. The van der Waals surface area contributed by atoms with Gasteiger partial charge in [0.05, 0.1) is 0 Å². The van der Waals surface area contributed by atoms with Crippen LogP contribution in [0.1, 0.15) is 18.9 Å². The van der Waals surface area contributed by atoms with Crippen LogP contribution in [-0.4, -0.2) is 60.9 Å². The molecule has 4 rings (SSSR count). The van der Waals surface area contributed by atoms with Crippen LogP contribution in [0.15, 0.2) is 42.5 Å². The van der Waals surface area contributed by atoms with Crippen LogP contribution >= 0.6 is 11.6 Å². The number of halogens is 2. The SMILES string of the molecule is CCOCCCNc1nc(Nc2cccc(Cl)c2C)nc(N2CCN(c3ccc(F)cc3)CC2)n1. The Morgan fingerprint density at radius 3 is 2.43 bits per heavy atom. The third-order valence-electron chi connectivity index (χ3n) is 5.84. The van der Waals surface area contributed by atoms with Gasteiger partial charge in [-0.05, 0) is 62.2 Å². The molecule has 0 unspecified atom stereocenters. The summed E-state index contributed by atoms with van der Waals surface area (Å²) < 4.78 is 18.7. The topological polar surface area (TPSA) is 78.4 Å². The first-order valence-corrected chi connectivity index (χ1v) is 12.3. The molecular weight excluding hydrogens is 469 g/mol. The number of anilines is 5. The van der Waals surface area contributed by atoms with Crippen LogP contribution in [0, 0.1) is 12.7 Å². The minimum absolute atomic E-state index is 0.228. The van der Waals surface area contributed by atoms with Gasteiger partial charge in [0, 0.05) is 62.3 Å². The fourth-order valence-electron chi connectivity index (χ4n) is 3.84. The third-order valence-corrected chi connectivity index (χ3v) is 6.25. The normalized spacial score (nSPS) is 13.7. The van der Waals surface area contributed by atoms with Crippen molar-refractivity contribution in [2.75, 3.05) is 66.4 Å². The Bertz CT molecular complexity index is 1110. The summed E-state index contributed by atoms with van der Waals surface area (Å²) in [5, 5.41) is 7.27. The first-order valence-electron chi connectivity index (χ1n) is 11.9. The highest BCUT2D eigenvalue weighted by molar-refractivity contribution is 6.31. The van der Waals surface area contributed by atoms with E-state index in [1.807, 2.05) is 44.2 Å². The zero-order valence-corrected chi connectivity index (χ0v) is 20.9. The van der Waals surface area contributed by atoms with Crippen LogP contribution < -0.4 is 20.4 Å². The largest absolute Gasteiger partial charge is 0.382 e. The number of nitrogens with zero attached hydrogens (tertiary/aromatic N) is 5. The standard InChI is InChI=1S/C25H31ClFN7O/c1-3-35-17-5-12-28-23-30-24(29-22-7-4-6-21(26)18(22)2)32-25(31-23)34-15-13-33(14-16-34)20-10-8-19(27)9-11-20/h4,6-11H,3,5,12-17H2,1-2H3,(H2,28,29,30,31,32). The summed E-state index contributed by atoms with van der Waals surface area (Å²) >= 11 is 6.30. The number of ether oxygens (including phenoxy) is 1. The van der Waals surface area contributed by atoms with Gasteiger partial charge in [-0.2, -0.15) is 15.0 Å². The van der Waals surface area contributed by atoms with E-state index in [4.69, 9.17) is 21.3 Å². The first kappa shape index (κ1) is 24.9. The predicted octanol–water partition coefficient (Wildman–Crippen LogP) is 4.88. The number of hydrogen-bond acceptors (Lipinski definition) is 8. The van der Waals surface area contributed by atoms with Crippen molar-refractivity contribution in [2.24, 2.45) is 0 Å². The summed E-state index contributed by atoms with van der Waals surface area (Å²) in [6, 6.07) is 12.3. The average Bonchev–Trinajstić information content (AvgIpc) is 2.87. The fourth-order valence-corrected chi connectivity index (χ4v) is 4.01.